The maximum absolute atomic E-state index is 10.2. The van der Waals surface area contributed by atoms with E-state index in [0.717, 1.165) is 5.56 Å². The van der Waals surface area contributed by atoms with Crippen molar-refractivity contribution in [3.8, 4) is 23.7 Å². The quantitative estimate of drug-likeness (QED) is 0.205. The lowest BCUT2D eigenvalue weighted by Gasteiger charge is -2.37. The third-order valence-corrected chi connectivity index (χ3v) is 6.17. The van der Waals surface area contributed by atoms with E-state index in [-0.39, 0.29) is 5.92 Å². The van der Waals surface area contributed by atoms with Crippen LogP contribution in [0.1, 0.15) is 36.5 Å². The molecule has 0 bridgehead atoms. The third-order valence-electron chi connectivity index (χ3n) is 6.17. The molecule has 0 amide bonds. The van der Waals surface area contributed by atoms with Crippen LogP contribution in [0.2, 0.25) is 0 Å². The molecule has 0 aromatic heterocycles. The monoisotopic (exact) mass is 492 g/mol. The fourth-order valence-electron chi connectivity index (χ4n) is 3.98. The Bertz CT molecular complexity index is 985. The summed E-state index contributed by atoms with van der Waals surface area (Å²) in [7, 11) is 0. The highest BCUT2D eigenvalue weighted by molar-refractivity contribution is 5.49. The van der Waals surface area contributed by atoms with Gasteiger partial charge in [0.2, 0.25) is 0 Å². The maximum atomic E-state index is 10.2. The van der Waals surface area contributed by atoms with Gasteiger partial charge in [0.05, 0.1) is 13.2 Å². The normalized spacial score (nSPS) is 37.2. The minimum Gasteiger partial charge on any atom is -0.394 e. The molecular formula is C25H32O10. The minimum absolute atomic E-state index is 0.0307. The zero-order valence-corrected chi connectivity index (χ0v) is 19.4. The van der Waals surface area contributed by atoms with Gasteiger partial charge in [0.15, 0.2) is 0 Å². The van der Waals surface area contributed by atoms with Gasteiger partial charge in [-0.05, 0) is 29.7 Å². The standard InChI is InChI=1S/C25H32O10/c1-12(2)15-9-13(4-7-16-20(28)24(32)22(30)18(10-26)34-16)3-5-14(15)6-8-17-21(29)25(33)23(31)19(11-27)35-17/h3,5,9,12,16-33H,10-11H2,1-2H3. The Morgan fingerprint density at radius 3 is 1.66 bits per heavy atom. The molecule has 2 aliphatic rings. The van der Waals surface area contributed by atoms with Crippen LogP contribution in [0.3, 0.4) is 0 Å². The smallest absolute Gasteiger partial charge is 0.147 e. The Labute approximate surface area is 203 Å². The maximum Gasteiger partial charge on any atom is 0.147 e. The fourth-order valence-corrected chi connectivity index (χ4v) is 3.98. The summed E-state index contributed by atoms with van der Waals surface area (Å²) in [5.41, 5.74) is 2.02. The van der Waals surface area contributed by atoms with Crippen molar-refractivity contribution in [3.05, 3.63) is 34.9 Å². The van der Waals surface area contributed by atoms with Gasteiger partial charge in [0, 0.05) is 11.1 Å². The first kappa shape index (κ1) is 27.5. The van der Waals surface area contributed by atoms with Crippen molar-refractivity contribution in [3.63, 3.8) is 0 Å². The van der Waals surface area contributed by atoms with Crippen LogP contribution in [0, 0.1) is 23.7 Å². The first-order valence-corrected chi connectivity index (χ1v) is 11.4. The number of benzene rings is 1. The Morgan fingerprint density at radius 1 is 0.714 bits per heavy atom. The fraction of sp³-hybridized carbons (Fsp3) is 0.600. The van der Waals surface area contributed by atoms with E-state index in [0.29, 0.717) is 11.1 Å². The van der Waals surface area contributed by atoms with Crippen LogP contribution in [-0.2, 0) is 9.47 Å². The highest BCUT2D eigenvalue weighted by atomic mass is 16.5. The predicted octanol–water partition coefficient (Wildman–Crippen LogP) is -2.80. The van der Waals surface area contributed by atoms with Gasteiger partial charge in [-0.25, -0.2) is 0 Å². The van der Waals surface area contributed by atoms with Gasteiger partial charge in [0.25, 0.3) is 0 Å². The average molecular weight is 493 g/mol. The topological polar surface area (TPSA) is 180 Å². The van der Waals surface area contributed by atoms with Crippen LogP contribution < -0.4 is 0 Å². The molecule has 192 valence electrons. The van der Waals surface area contributed by atoms with Crippen molar-refractivity contribution in [2.75, 3.05) is 13.2 Å². The molecule has 10 heteroatoms. The zero-order valence-electron chi connectivity index (χ0n) is 19.4. The Morgan fingerprint density at radius 2 is 1.20 bits per heavy atom. The van der Waals surface area contributed by atoms with E-state index in [1.54, 1.807) is 18.2 Å². The zero-order chi connectivity index (χ0) is 25.9. The van der Waals surface area contributed by atoms with Crippen molar-refractivity contribution in [1.82, 2.24) is 0 Å². The second kappa shape index (κ2) is 11.8. The Kier molecular flexibility index (Phi) is 9.27. The van der Waals surface area contributed by atoms with E-state index >= 15 is 0 Å². The van der Waals surface area contributed by atoms with E-state index in [1.807, 2.05) is 13.8 Å². The predicted molar refractivity (Wildman–Crippen MR) is 122 cm³/mol. The Balaban J connectivity index is 1.83. The number of aliphatic hydroxyl groups is 8. The van der Waals surface area contributed by atoms with E-state index in [1.165, 1.54) is 0 Å². The molecule has 0 radical (unpaired) electrons. The highest BCUT2D eigenvalue weighted by Crippen LogP contribution is 2.24. The summed E-state index contributed by atoms with van der Waals surface area (Å²) in [6.07, 6.45) is -13.1. The minimum atomic E-state index is -1.51. The first-order valence-electron chi connectivity index (χ1n) is 11.4. The van der Waals surface area contributed by atoms with Gasteiger partial charge in [-0.2, -0.15) is 0 Å². The number of ether oxygens (including phenoxy) is 2. The highest BCUT2D eigenvalue weighted by Gasteiger charge is 2.43. The molecule has 0 spiro atoms. The molecule has 10 atom stereocenters. The second-order valence-electron chi connectivity index (χ2n) is 8.99. The van der Waals surface area contributed by atoms with Crippen molar-refractivity contribution >= 4 is 0 Å². The van der Waals surface area contributed by atoms with Crippen molar-refractivity contribution in [2.45, 2.75) is 80.8 Å². The van der Waals surface area contributed by atoms with Crippen LogP contribution in [0.4, 0.5) is 0 Å². The summed E-state index contributed by atoms with van der Waals surface area (Å²) in [5, 5.41) is 78.6. The first-order chi connectivity index (χ1) is 16.6. The number of aliphatic hydroxyl groups excluding tert-OH is 8. The molecule has 35 heavy (non-hydrogen) atoms. The van der Waals surface area contributed by atoms with Crippen molar-refractivity contribution < 1.29 is 50.3 Å². The molecule has 10 nitrogen and oxygen atoms in total. The number of rotatable bonds is 3. The van der Waals surface area contributed by atoms with Crippen molar-refractivity contribution in [1.29, 1.82) is 0 Å². The SMILES string of the molecule is CC(C)c1cc(C#CC2OC(CO)C(O)C(O)C2O)ccc1C#CC1OC(CO)C(O)C(O)C1O. The van der Waals surface area contributed by atoms with Gasteiger partial charge in [0.1, 0.15) is 61.0 Å². The number of hydrogen-bond acceptors (Lipinski definition) is 10. The largest absolute Gasteiger partial charge is 0.394 e. The molecule has 2 saturated heterocycles. The third kappa shape index (κ3) is 6.02. The molecule has 0 aliphatic carbocycles. The summed E-state index contributed by atoms with van der Waals surface area (Å²) < 4.78 is 10.8. The molecule has 1 aromatic rings. The second-order valence-corrected chi connectivity index (χ2v) is 8.99. The van der Waals surface area contributed by atoms with Crippen LogP contribution in [0.25, 0.3) is 0 Å². The summed E-state index contributed by atoms with van der Waals surface area (Å²) in [4.78, 5) is 0. The molecule has 2 aliphatic heterocycles. The van der Waals surface area contributed by atoms with E-state index in [4.69, 9.17) is 9.47 Å². The van der Waals surface area contributed by atoms with Gasteiger partial charge in [-0.15, -0.1) is 0 Å². The molecule has 10 unspecified atom stereocenters. The van der Waals surface area contributed by atoms with Gasteiger partial charge < -0.3 is 50.3 Å². The van der Waals surface area contributed by atoms with Gasteiger partial charge >= 0.3 is 0 Å². The molecule has 2 fully saturated rings. The van der Waals surface area contributed by atoms with Crippen LogP contribution >= 0.6 is 0 Å². The molecule has 1 aromatic carbocycles. The summed E-state index contributed by atoms with van der Waals surface area (Å²) in [6, 6.07) is 5.18. The molecule has 0 saturated carbocycles. The van der Waals surface area contributed by atoms with Gasteiger partial charge in [-0.3, -0.25) is 0 Å². The lowest BCUT2D eigenvalue weighted by atomic mass is 9.93. The lowest BCUT2D eigenvalue weighted by Crippen LogP contribution is -2.58. The average Bonchev–Trinajstić information content (AvgIpc) is 2.85. The van der Waals surface area contributed by atoms with Crippen LogP contribution in [-0.4, -0.2) is 115 Å². The van der Waals surface area contributed by atoms with Gasteiger partial charge in [-0.1, -0.05) is 37.5 Å². The lowest BCUT2D eigenvalue weighted by molar-refractivity contribution is -0.214. The van der Waals surface area contributed by atoms with Crippen LogP contribution in [0.15, 0.2) is 18.2 Å². The number of hydrogen-bond donors (Lipinski definition) is 8. The molecule has 3 rings (SSSR count). The molecular weight excluding hydrogens is 460 g/mol. The van der Waals surface area contributed by atoms with E-state index in [9.17, 15) is 40.9 Å². The van der Waals surface area contributed by atoms with E-state index < -0.39 is 74.3 Å². The summed E-state index contributed by atoms with van der Waals surface area (Å²) in [5.74, 6) is 11.3. The molecule has 2 heterocycles. The summed E-state index contributed by atoms with van der Waals surface area (Å²) in [6.45, 7) is 2.82. The summed E-state index contributed by atoms with van der Waals surface area (Å²) >= 11 is 0. The van der Waals surface area contributed by atoms with E-state index in [2.05, 4.69) is 23.7 Å². The van der Waals surface area contributed by atoms with Crippen molar-refractivity contribution in [2.24, 2.45) is 0 Å². The Hall–Kier alpha value is -2.06. The van der Waals surface area contributed by atoms with Crippen LogP contribution in [0.5, 0.6) is 0 Å². The molecule has 8 N–H and O–H groups in total.